The lowest BCUT2D eigenvalue weighted by molar-refractivity contribution is 0.508. The molecule has 0 aliphatic carbocycles. The third-order valence-corrected chi connectivity index (χ3v) is 3.90. The lowest BCUT2D eigenvalue weighted by Crippen LogP contribution is -2.13. The van der Waals surface area contributed by atoms with Crippen LogP contribution in [0.15, 0.2) is 34.9 Å². The van der Waals surface area contributed by atoms with Gasteiger partial charge in [-0.1, -0.05) is 36.7 Å². The summed E-state index contributed by atoms with van der Waals surface area (Å²) in [5.74, 6) is 0.960. The van der Waals surface area contributed by atoms with E-state index in [1.165, 1.54) is 0 Å². The average molecular weight is 304 g/mol. The standard InChI is InChI=1S/C16H18ClN3O/c1-3-18-8-16-13(9-20-10-14(17)11(2)19-20)12-6-4-5-7-15(12)21-16/h4-7,10,18H,3,8-9H2,1-2H3. The minimum Gasteiger partial charge on any atom is -0.459 e. The molecule has 110 valence electrons. The van der Waals surface area contributed by atoms with Gasteiger partial charge in [0.15, 0.2) is 0 Å². The molecule has 3 rings (SSSR count). The van der Waals surface area contributed by atoms with Gasteiger partial charge in [-0.2, -0.15) is 5.10 Å². The van der Waals surface area contributed by atoms with Crippen LogP contribution >= 0.6 is 11.6 Å². The molecule has 0 bridgehead atoms. The summed E-state index contributed by atoms with van der Waals surface area (Å²) in [4.78, 5) is 0. The molecule has 0 amide bonds. The normalized spacial score (nSPS) is 11.4. The van der Waals surface area contributed by atoms with E-state index < -0.39 is 0 Å². The fourth-order valence-electron chi connectivity index (χ4n) is 2.44. The van der Waals surface area contributed by atoms with Crippen molar-refractivity contribution in [3.63, 3.8) is 0 Å². The van der Waals surface area contributed by atoms with Crippen LogP contribution in [0.5, 0.6) is 0 Å². The maximum absolute atomic E-state index is 6.09. The van der Waals surface area contributed by atoms with Crippen molar-refractivity contribution in [3.8, 4) is 0 Å². The summed E-state index contributed by atoms with van der Waals surface area (Å²) >= 11 is 6.09. The molecule has 0 unspecified atom stereocenters. The largest absolute Gasteiger partial charge is 0.459 e. The molecule has 0 aliphatic rings. The van der Waals surface area contributed by atoms with Gasteiger partial charge in [0.2, 0.25) is 0 Å². The topological polar surface area (TPSA) is 43.0 Å². The Hall–Kier alpha value is -1.78. The lowest BCUT2D eigenvalue weighted by Gasteiger charge is -2.04. The second kappa shape index (κ2) is 5.92. The summed E-state index contributed by atoms with van der Waals surface area (Å²) in [6.45, 7) is 6.27. The molecule has 0 aliphatic heterocycles. The van der Waals surface area contributed by atoms with Crippen molar-refractivity contribution in [2.45, 2.75) is 26.9 Å². The predicted molar refractivity (Wildman–Crippen MR) is 84.7 cm³/mol. The van der Waals surface area contributed by atoms with Gasteiger partial charge < -0.3 is 9.73 Å². The van der Waals surface area contributed by atoms with Gasteiger partial charge in [-0.25, -0.2) is 0 Å². The minimum atomic E-state index is 0.658. The summed E-state index contributed by atoms with van der Waals surface area (Å²) in [5, 5.41) is 9.58. The Balaban J connectivity index is 2.01. The molecule has 0 atom stereocenters. The number of para-hydroxylation sites is 1. The average Bonchev–Trinajstić information content (AvgIpc) is 2.98. The number of nitrogens with one attached hydrogen (secondary N) is 1. The predicted octanol–water partition coefficient (Wildman–Crippen LogP) is 3.75. The number of benzene rings is 1. The maximum atomic E-state index is 6.09. The van der Waals surface area contributed by atoms with Gasteiger partial charge in [0.05, 0.1) is 23.8 Å². The molecule has 0 spiro atoms. The Morgan fingerprint density at radius 1 is 1.33 bits per heavy atom. The number of furan rings is 1. The Bertz CT molecular complexity index is 741. The first-order valence-corrected chi connectivity index (χ1v) is 7.46. The zero-order chi connectivity index (χ0) is 14.8. The van der Waals surface area contributed by atoms with Gasteiger partial charge in [-0.05, 0) is 19.5 Å². The summed E-state index contributed by atoms with van der Waals surface area (Å²) in [6.07, 6.45) is 1.86. The first-order valence-electron chi connectivity index (χ1n) is 7.08. The molecule has 0 fully saturated rings. The number of fused-ring (bicyclic) bond motifs is 1. The minimum absolute atomic E-state index is 0.658. The third kappa shape index (κ3) is 2.82. The van der Waals surface area contributed by atoms with Crippen LogP contribution in [0.3, 0.4) is 0 Å². The van der Waals surface area contributed by atoms with Crippen molar-refractivity contribution in [2.24, 2.45) is 0 Å². The highest BCUT2D eigenvalue weighted by atomic mass is 35.5. The Morgan fingerprint density at radius 3 is 2.86 bits per heavy atom. The number of nitrogens with zero attached hydrogens (tertiary/aromatic N) is 2. The SMILES string of the molecule is CCNCc1oc2ccccc2c1Cn1cc(Cl)c(C)n1. The third-order valence-electron chi connectivity index (χ3n) is 3.52. The fraction of sp³-hybridized carbons (Fsp3) is 0.312. The zero-order valence-corrected chi connectivity index (χ0v) is 12.9. The Morgan fingerprint density at radius 2 is 2.14 bits per heavy atom. The summed E-state index contributed by atoms with van der Waals surface area (Å²) in [5.41, 5.74) is 2.92. The van der Waals surface area contributed by atoms with E-state index in [1.54, 1.807) is 0 Å². The number of hydrogen-bond acceptors (Lipinski definition) is 3. The number of aryl methyl sites for hydroxylation is 1. The van der Waals surface area contributed by atoms with Crippen molar-refractivity contribution in [1.29, 1.82) is 0 Å². The van der Waals surface area contributed by atoms with Crippen molar-refractivity contribution in [2.75, 3.05) is 6.54 Å². The van der Waals surface area contributed by atoms with E-state index in [4.69, 9.17) is 16.0 Å². The van der Waals surface area contributed by atoms with Crippen LogP contribution in [-0.4, -0.2) is 16.3 Å². The molecule has 0 radical (unpaired) electrons. The van der Waals surface area contributed by atoms with Crippen LogP contribution in [0.25, 0.3) is 11.0 Å². The van der Waals surface area contributed by atoms with Crippen LogP contribution in [0, 0.1) is 6.92 Å². The molecule has 2 aromatic heterocycles. The monoisotopic (exact) mass is 303 g/mol. The van der Waals surface area contributed by atoms with Crippen LogP contribution in [-0.2, 0) is 13.1 Å². The van der Waals surface area contributed by atoms with E-state index in [9.17, 15) is 0 Å². The fourth-order valence-corrected chi connectivity index (χ4v) is 2.59. The molecule has 5 heteroatoms. The molecule has 1 aromatic carbocycles. The van der Waals surface area contributed by atoms with E-state index in [1.807, 2.05) is 36.0 Å². The summed E-state index contributed by atoms with van der Waals surface area (Å²) in [6, 6.07) is 8.10. The van der Waals surface area contributed by atoms with Crippen LogP contribution in [0.1, 0.15) is 23.9 Å². The number of hydrogen-bond donors (Lipinski definition) is 1. The van der Waals surface area contributed by atoms with Crippen LogP contribution in [0.4, 0.5) is 0 Å². The van der Waals surface area contributed by atoms with Gasteiger partial charge in [0.25, 0.3) is 0 Å². The molecule has 1 N–H and O–H groups in total. The number of halogens is 1. The molecule has 2 heterocycles. The molecule has 21 heavy (non-hydrogen) atoms. The molecule has 4 nitrogen and oxygen atoms in total. The molecular formula is C16H18ClN3O. The quantitative estimate of drug-likeness (QED) is 0.780. The molecular weight excluding hydrogens is 286 g/mol. The van der Waals surface area contributed by atoms with E-state index in [0.717, 1.165) is 34.5 Å². The van der Waals surface area contributed by atoms with Gasteiger partial charge in [-0.15, -0.1) is 0 Å². The summed E-state index contributed by atoms with van der Waals surface area (Å²) < 4.78 is 7.84. The van der Waals surface area contributed by atoms with Gasteiger partial charge in [0, 0.05) is 17.1 Å². The van der Waals surface area contributed by atoms with Crippen molar-refractivity contribution < 1.29 is 4.42 Å². The first kappa shape index (κ1) is 14.2. The van der Waals surface area contributed by atoms with E-state index in [0.29, 0.717) is 18.1 Å². The second-order valence-corrected chi connectivity index (χ2v) is 5.45. The maximum Gasteiger partial charge on any atom is 0.134 e. The molecule has 0 saturated heterocycles. The number of rotatable bonds is 5. The molecule has 3 aromatic rings. The van der Waals surface area contributed by atoms with Crippen LogP contribution < -0.4 is 5.32 Å². The highest BCUT2D eigenvalue weighted by Gasteiger charge is 2.15. The van der Waals surface area contributed by atoms with Gasteiger partial charge >= 0.3 is 0 Å². The molecule has 0 saturated carbocycles. The lowest BCUT2D eigenvalue weighted by atomic mass is 10.1. The summed E-state index contributed by atoms with van der Waals surface area (Å²) in [7, 11) is 0. The smallest absolute Gasteiger partial charge is 0.134 e. The van der Waals surface area contributed by atoms with E-state index in [2.05, 4.69) is 23.4 Å². The van der Waals surface area contributed by atoms with Crippen molar-refractivity contribution in [3.05, 3.63) is 52.5 Å². The van der Waals surface area contributed by atoms with E-state index >= 15 is 0 Å². The van der Waals surface area contributed by atoms with Crippen LogP contribution in [0.2, 0.25) is 5.02 Å². The highest BCUT2D eigenvalue weighted by Crippen LogP contribution is 2.27. The van der Waals surface area contributed by atoms with Crippen molar-refractivity contribution >= 4 is 22.6 Å². The van der Waals surface area contributed by atoms with Crippen molar-refractivity contribution in [1.82, 2.24) is 15.1 Å². The first-order chi connectivity index (χ1) is 10.2. The zero-order valence-electron chi connectivity index (χ0n) is 12.2. The van der Waals surface area contributed by atoms with E-state index in [-0.39, 0.29) is 0 Å². The van der Waals surface area contributed by atoms with Gasteiger partial charge in [0.1, 0.15) is 11.3 Å². The Kier molecular flexibility index (Phi) is 3.99. The Labute approximate surface area is 128 Å². The highest BCUT2D eigenvalue weighted by molar-refractivity contribution is 6.31. The van der Waals surface area contributed by atoms with Gasteiger partial charge in [-0.3, -0.25) is 4.68 Å². The second-order valence-electron chi connectivity index (χ2n) is 5.04. The number of aromatic nitrogens is 2.